The molecule has 1 aromatic carbocycles. The molecule has 0 radical (unpaired) electrons. The smallest absolute Gasteiger partial charge is 0.0779 e. The number of nitrogens with zero attached hydrogens (tertiary/aromatic N) is 2. The van der Waals surface area contributed by atoms with Gasteiger partial charge in [-0.2, -0.15) is 0 Å². The fraction of sp³-hybridized carbons (Fsp3) is 0.360. The fourth-order valence-corrected chi connectivity index (χ4v) is 8.59. The first kappa shape index (κ1) is 23.3. The lowest BCUT2D eigenvalue weighted by Crippen LogP contribution is -2.44. The highest BCUT2D eigenvalue weighted by Gasteiger charge is 2.31. The van der Waals surface area contributed by atoms with Gasteiger partial charge >= 0.3 is 0 Å². The summed E-state index contributed by atoms with van der Waals surface area (Å²) in [6.07, 6.45) is 9.81. The monoisotopic (exact) mass is 452 g/mol. The van der Waals surface area contributed by atoms with Crippen LogP contribution in [0.2, 0.25) is 19.6 Å². The van der Waals surface area contributed by atoms with Crippen molar-refractivity contribution in [1.82, 2.24) is 9.97 Å². The van der Waals surface area contributed by atoms with Gasteiger partial charge in [-0.05, 0) is 58.9 Å². The van der Waals surface area contributed by atoms with Gasteiger partial charge in [0.15, 0.2) is 0 Å². The zero-order chi connectivity index (χ0) is 21.9. The number of rotatable bonds is 6. The van der Waals surface area contributed by atoms with E-state index in [1.54, 1.807) is 10.8 Å². The van der Waals surface area contributed by atoms with Gasteiger partial charge in [-0.15, -0.1) is 9.24 Å². The van der Waals surface area contributed by atoms with E-state index in [0.29, 0.717) is 0 Å². The summed E-state index contributed by atoms with van der Waals surface area (Å²) in [5, 5.41) is 4.22. The topological polar surface area (TPSA) is 25.8 Å². The molecule has 1 unspecified atom stereocenters. The Labute approximate surface area is 186 Å². The number of hydrogen-bond acceptors (Lipinski definition) is 2. The fourth-order valence-electron chi connectivity index (χ4n) is 4.06. The average molecular weight is 453 g/mol. The van der Waals surface area contributed by atoms with Crippen LogP contribution in [0.3, 0.4) is 0 Å². The molecule has 0 aliphatic rings. The third kappa shape index (κ3) is 5.25. The highest BCUT2D eigenvalue weighted by Crippen LogP contribution is 2.42. The molecule has 2 nitrogen and oxygen atoms in total. The van der Waals surface area contributed by atoms with E-state index < -0.39 is 16.0 Å². The highest BCUT2D eigenvalue weighted by molar-refractivity contribution is 7.72. The Balaban J connectivity index is 2.24. The summed E-state index contributed by atoms with van der Waals surface area (Å²) in [4.78, 5) is 8.88. The van der Waals surface area contributed by atoms with Crippen LogP contribution >= 0.6 is 17.2 Å². The Bertz CT molecular complexity index is 938. The lowest BCUT2D eigenvalue weighted by molar-refractivity contribution is 0.588. The zero-order valence-electron chi connectivity index (χ0n) is 19.1. The van der Waals surface area contributed by atoms with Crippen molar-refractivity contribution >= 4 is 41.0 Å². The van der Waals surface area contributed by atoms with Gasteiger partial charge in [0.25, 0.3) is 0 Å². The quantitative estimate of drug-likeness (QED) is 0.373. The Hall–Kier alpha value is -1.40. The minimum absolute atomic E-state index is 0.103. The lowest BCUT2D eigenvalue weighted by Gasteiger charge is -2.34. The third-order valence-corrected chi connectivity index (χ3v) is 10.3. The van der Waals surface area contributed by atoms with Gasteiger partial charge in [-0.3, -0.25) is 9.97 Å². The maximum atomic E-state index is 4.44. The predicted octanol–water partition coefficient (Wildman–Crippen LogP) is 5.33. The lowest BCUT2D eigenvalue weighted by atomic mass is 9.82. The molecule has 0 spiro atoms. The molecule has 0 saturated heterocycles. The molecule has 0 aliphatic heterocycles. The second-order valence-corrected chi connectivity index (χ2v) is 17.5. The molecule has 30 heavy (non-hydrogen) atoms. The van der Waals surface area contributed by atoms with E-state index in [1.165, 1.54) is 21.7 Å². The summed E-state index contributed by atoms with van der Waals surface area (Å²) >= 11 is 0. The Morgan fingerprint density at radius 3 is 1.87 bits per heavy atom. The Morgan fingerprint density at radius 2 is 1.47 bits per heavy atom. The van der Waals surface area contributed by atoms with E-state index in [2.05, 4.69) is 96.0 Å². The predicted molar refractivity (Wildman–Crippen MR) is 140 cm³/mol. The van der Waals surface area contributed by atoms with Crippen LogP contribution in [-0.4, -0.2) is 18.0 Å². The van der Waals surface area contributed by atoms with Crippen LogP contribution in [0.15, 0.2) is 61.2 Å². The van der Waals surface area contributed by atoms with Crippen LogP contribution in [0.25, 0.3) is 0 Å². The first-order valence-corrected chi connectivity index (χ1v) is 16.4. The SMILES string of the molecule is CC(C)(C)c1c([Si](C)(C)C)ccc(CP)c1CP(c1cccnc1)c1cccnc1. The second-order valence-electron chi connectivity index (χ2n) is 9.84. The van der Waals surface area contributed by atoms with Crippen molar-refractivity contribution in [1.29, 1.82) is 0 Å². The first-order valence-electron chi connectivity index (χ1n) is 10.6. The van der Waals surface area contributed by atoms with Gasteiger partial charge in [0.05, 0.1) is 8.07 Å². The molecule has 3 aromatic rings. The van der Waals surface area contributed by atoms with E-state index in [4.69, 9.17) is 0 Å². The average Bonchev–Trinajstić information content (AvgIpc) is 2.71. The van der Waals surface area contributed by atoms with Gasteiger partial charge in [0, 0.05) is 30.9 Å². The van der Waals surface area contributed by atoms with Crippen molar-refractivity contribution in [3.8, 4) is 0 Å². The summed E-state index contributed by atoms with van der Waals surface area (Å²) in [5.41, 5.74) is 4.66. The number of hydrogen-bond donors (Lipinski definition) is 0. The summed E-state index contributed by atoms with van der Waals surface area (Å²) in [6.45, 7) is 14.5. The molecule has 5 heteroatoms. The molecular formula is C25H34N2P2Si. The van der Waals surface area contributed by atoms with Crippen LogP contribution in [0.4, 0.5) is 0 Å². The van der Waals surface area contributed by atoms with Gasteiger partial charge in [0.2, 0.25) is 0 Å². The van der Waals surface area contributed by atoms with Crippen molar-refractivity contribution in [3.63, 3.8) is 0 Å². The van der Waals surface area contributed by atoms with Gasteiger partial charge < -0.3 is 0 Å². The molecule has 158 valence electrons. The van der Waals surface area contributed by atoms with Crippen LogP contribution in [0.5, 0.6) is 0 Å². The van der Waals surface area contributed by atoms with E-state index in [-0.39, 0.29) is 5.41 Å². The second kappa shape index (κ2) is 9.39. The molecule has 0 fully saturated rings. The van der Waals surface area contributed by atoms with Gasteiger partial charge in [-0.1, -0.05) is 69.9 Å². The molecular weight excluding hydrogens is 418 g/mol. The summed E-state index contributed by atoms with van der Waals surface area (Å²) < 4.78 is 0. The molecule has 0 amide bonds. The maximum Gasteiger partial charge on any atom is 0.0779 e. The number of aromatic nitrogens is 2. The van der Waals surface area contributed by atoms with Gasteiger partial charge in [-0.25, -0.2) is 0 Å². The van der Waals surface area contributed by atoms with Gasteiger partial charge in [0.1, 0.15) is 0 Å². The standard InChI is InChI=1S/C25H34N2P2Si/c1-25(2,3)24-22(19(17-28)11-12-23(24)30(4,5)6)18-29(20-9-7-13-26-15-20)21-10-8-14-27-16-21/h7-16H,17-18,28H2,1-6H3. The van der Waals surface area contributed by atoms with Crippen molar-refractivity contribution in [2.75, 3.05) is 0 Å². The van der Waals surface area contributed by atoms with E-state index >= 15 is 0 Å². The molecule has 0 bridgehead atoms. The molecule has 0 N–H and O–H groups in total. The van der Waals surface area contributed by atoms with E-state index in [0.717, 1.165) is 12.3 Å². The first-order chi connectivity index (χ1) is 14.1. The minimum Gasteiger partial charge on any atom is -0.264 e. The van der Waals surface area contributed by atoms with Crippen molar-refractivity contribution < 1.29 is 0 Å². The van der Waals surface area contributed by atoms with E-state index in [9.17, 15) is 0 Å². The summed E-state index contributed by atoms with van der Waals surface area (Å²) in [5.74, 6) is 0. The zero-order valence-corrected chi connectivity index (χ0v) is 22.2. The van der Waals surface area contributed by atoms with Crippen LogP contribution < -0.4 is 15.8 Å². The van der Waals surface area contributed by atoms with Crippen molar-refractivity contribution in [2.24, 2.45) is 0 Å². The van der Waals surface area contributed by atoms with Crippen LogP contribution in [-0.2, 0) is 17.7 Å². The summed E-state index contributed by atoms with van der Waals surface area (Å²) in [6, 6.07) is 13.4. The summed E-state index contributed by atoms with van der Waals surface area (Å²) in [7, 11) is 0.883. The molecule has 1 atom stereocenters. The van der Waals surface area contributed by atoms with Crippen LogP contribution in [0.1, 0.15) is 37.5 Å². The molecule has 2 heterocycles. The van der Waals surface area contributed by atoms with Crippen molar-refractivity contribution in [3.05, 3.63) is 77.9 Å². The molecule has 0 aliphatic carbocycles. The Kier molecular flexibility index (Phi) is 7.28. The highest BCUT2D eigenvalue weighted by atomic mass is 31.1. The molecule has 2 aromatic heterocycles. The maximum absolute atomic E-state index is 4.44. The largest absolute Gasteiger partial charge is 0.264 e. The van der Waals surface area contributed by atoms with Crippen LogP contribution in [0, 0.1) is 0 Å². The number of benzene rings is 1. The normalized spacial score (nSPS) is 12.4. The number of pyridine rings is 2. The van der Waals surface area contributed by atoms with Crippen molar-refractivity contribution in [2.45, 2.75) is 58.2 Å². The molecule has 3 rings (SSSR count). The third-order valence-electron chi connectivity index (χ3n) is 5.42. The van der Waals surface area contributed by atoms with E-state index in [1.807, 2.05) is 24.8 Å². The Morgan fingerprint density at radius 1 is 0.900 bits per heavy atom. The minimum atomic E-state index is -1.49. The molecule has 0 saturated carbocycles.